The number of benzene rings is 2. The Kier molecular flexibility index (Phi) is 6.31. The summed E-state index contributed by atoms with van der Waals surface area (Å²) in [6, 6.07) is 18.5. The maximum absolute atomic E-state index is 13.4. The largest absolute Gasteiger partial charge is 0.322 e. The summed E-state index contributed by atoms with van der Waals surface area (Å²) >= 11 is 0. The number of carbonyl (C=O) groups is 2. The molecule has 0 fully saturated rings. The van der Waals surface area contributed by atoms with E-state index < -0.39 is 0 Å². The summed E-state index contributed by atoms with van der Waals surface area (Å²) in [5.41, 5.74) is 6.03. The molecule has 1 atom stereocenters. The first-order valence-electron chi connectivity index (χ1n) is 11.2. The van der Waals surface area contributed by atoms with Crippen LogP contribution >= 0.6 is 0 Å². The fraction of sp³-hybridized carbons (Fsp3) is 0.214. The standard InChI is InChI=1S/C28H27N3O2/c1-5-18(3)27(32)20-9-11-21(12-10-20)30-28(33)23-16-25(24-8-6-7-13-29-24)31-26-19(4)14-17(2)15-22(23)26/h6-16,18H,5H2,1-4H3,(H,30,33)/t18-/m1/s1. The van der Waals surface area contributed by atoms with Crippen molar-refractivity contribution in [2.75, 3.05) is 5.32 Å². The zero-order chi connectivity index (χ0) is 23.5. The van der Waals surface area contributed by atoms with Gasteiger partial charge in [0.1, 0.15) is 0 Å². The fourth-order valence-corrected chi connectivity index (χ4v) is 3.90. The van der Waals surface area contributed by atoms with Crippen molar-refractivity contribution < 1.29 is 9.59 Å². The van der Waals surface area contributed by atoms with Crippen LogP contribution in [0, 0.1) is 19.8 Å². The predicted octanol–water partition coefficient (Wildman–Crippen LogP) is 6.39. The molecule has 2 aromatic carbocycles. The summed E-state index contributed by atoms with van der Waals surface area (Å²) in [5, 5.41) is 3.78. The minimum Gasteiger partial charge on any atom is -0.322 e. The number of carbonyl (C=O) groups excluding carboxylic acids is 2. The maximum atomic E-state index is 13.4. The average Bonchev–Trinajstić information content (AvgIpc) is 2.83. The summed E-state index contributed by atoms with van der Waals surface area (Å²) in [6.45, 7) is 7.93. The van der Waals surface area contributed by atoms with Crippen molar-refractivity contribution >= 4 is 28.3 Å². The number of Topliss-reactive ketones (excluding diaryl/α,β-unsaturated/α-hetero) is 1. The number of hydrogen-bond donors (Lipinski definition) is 1. The lowest BCUT2D eigenvalue weighted by atomic mass is 9.97. The number of aromatic nitrogens is 2. The molecule has 0 aliphatic carbocycles. The number of ketones is 1. The fourth-order valence-electron chi connectivity index (χ4n) is 3.90. The lowest BCUT2D eigenvalue weighted by molar-refractivity contribution is 0.0927. The number of pyridine rings is 2. The second kappa shape index (κ2) is 9.33. The van der Waals surface area contributed by atoms with E-state index in [-0.39, 0.29) is 17.6 Å². The molecule has 0 saturated carbocycles. The van der Waals surface area contributed by atoms with E-state index in [1.807, 2.05) is 52.0 Å². The minimum absolute atomic E-state index is 0.0230. The predicted molar refractivity (Wildman–Crippen MR) is 133 cm³/mol. The summed E-state index contributed by atoms with van der Waals surface area (Å²) < 4.78 is 0. The molecule has 0 bridgehead atoms. The molecule has 33 heavy (non-hydrogen) atoms. The highest BCUT2D eigenvalue weighted by Crippen LogP contribution is 2.28. The van der Waals surface area contributed by atoms with Gasteiger partial charge >= 0.3 is 0 Å². The molecule has 2 aromatic heterocycles. The van der Waals surface area contributed by atoms with E-state index in [4.69, 9.17) is 4.98 Å². The number of rotatable bonds is 6. The van der Waals surface area contributed by atoms with Crippen LogP contribution in [-0.4, -0.2) is 21.7 Å². The van der Waals surface area contributed by atoms with Gasteiger partial charge in [-0.15, -0.1) is 0 Å². The second-order valence-electron chi connectivity index (χ2n) is 8.45. The van der Waals surface area contributed by atoms with Gasteiger partial charge in [-0.1, -0.05) is 31.5 Å². The van der Waals surface area contributed by atoms with E-state index in [0.29, 0.717) is 28.2 Å². The third-order valence-corrected chi connectivity index (χ3v) is 5.91. The highest BCUT2D eigenvalue weighted by molar-refractivity contribution is 6.13. The quantitative estimate of drug-likeness (QED) is 0.355. The molecule has 0 aliphatic rings. The van der Waals surface area contributed by atoms with Gasteiger partial charge in [-0.3, -0.25) is 14.6 Å². The summed E-state index contributed by atoms with van der Waals surface area (Å²) in [5.74, 6) is -0.142. The third kappa shape index (κ3) is 4.67. The first-order chi connectivity index (χ1) is 15.9. The van der Waals surface area contributed by atoms with Gasteiger partial charge in [0.15, 0.2) is 5.78 Å². The molecule has 5 nitrogen and oxygen atoms in total. The normalized spacial score (nSPS) is 11.9. The van der Waals surface area contributed by atoms with Crippen molar-refractivity contribution in [1.82, 2.24) is 9.97 Å². The summed E-state index contributed by atoms with van der Waals surface area (Å²) in [4.78, 5) is 35.0. The van der Waals surface area contributed by atoms with Gasteiger partial charge in [-0.05, 0) is 74.4 Å². The van der Waals surface area contributed by atoms with Crippen LogP contribution in [0.25, 0.3) is 22.3 Å². The first kappa shape index (κ1) is 22.3. The Balaban J connectivity index is 1.72. The molecule has 166 valence electrons. The SMILES string of the molecule is CC[C@@H](C)C(=O)c1ccc(NC(=O)c2cc(-c3ccccn3)nc3c(C)cc(C)cc23)cc1. The number of nitrogens with one attached hydrogen (secondary N) is 1. The van der Waals surface area contributed by atoms with Crippen LogP contribution in [0.3, 0.4) is 0 Å². The first-order valence-corrected chi connectivity index (χ1v) is 11.2. The molecule has 4 rings (SSSR count). The van der Waals surface area contributed by atoms with Crippen LogP contribution < -0.4 is 5.32 Å². The van der Waals surface area contributed by atoms with Crippen molar-refractivity contribution in [3.8, 4) is 11.4 Å². The van der Waals surface area contributed by atoms with Gasteiger partial charge in [0, 0.05) is 28.8 Å². The van der Waals surface area contributed by atoms with Crippen LogP contribution in [0.15, 0.2) is 66.9 Å². The maximum Gasteiger partial charge on any atom is 0.256 e. The molecule has 0 radical (unpaired) electrons. The number of aryl methyl sites for hydroxylation is 2. The van der Waals surface area contributed by atoms with Gasteiger partial charge in [-0.2, -0.15) is 0 Å². The molecular weight excluding hydrogens is 410 g/mol. The van der Waals surface area contributed by atoms with Crippen molar-refractivity contribution in [3.05, 3.63) is 89.1 Å². The monoisotopic (exact) mass is 437 g/mol. The number of hydrogen-bond acceptors (Lipinski definition) is 4. The molecule has 0 spiro atoms. The molecule has 2 heterocycles. The zero-order valence-corrected chi connectivity index (χ0v) is 19.3. The Morgan fingerprint density at radius 1 is 0.970 bits per heavy atom. The lowest BCUT2D eigenvalue weighted by Gasteiger charge is -2.13. The third-order valence-electron chi connectivity index (χ3n) is 5.91. The van der Waals surface area contributed by atoms with Crippen LogP contribution in [0.1, 0.15) is 52.1 Å². The van der Waals surface area contributed by atoms with Gasteiger partial charge < -0.3 is 5.32 Å². The van der Waals surface area contributed by atoms with Crippen LogP contribution in [0.2, 0.25) is 0 Å². The summed E-state index contributed by atoms with van der Waals surface area (Å²) in [7, 11) is 0. The Morgan fingerprint density at radius 3 is 2.39 bits per heavy atom. The number of amides is 1. The molecule has 1 N–H and O–H groups in total. The Bertz CT molecular complexity index is 1330. The molecule has 5 heteroatoms. The number of fused-ring (bicyclic) bond motifs is 1. The van der Waals surface area contributed by atoms with E-state index in [2.05, 4.69) is 16.4 Å². The molecule has 1 amide bonds. The van der Waals surface area contributed by atoms with Gasteiger partial charge in [0.2, 0.25) is 0 Å². The van der Waals surface area contributed by atoms with E-state index in [9.17, 15) is 9.59 Å². The van der Waals surface area contributed by atoms with Gasteiger partial charge in [-0.25, -0.2) is 4.98 Å². The molecule has 0 aliphatic heterocycles. The smallest absolute Gasteiger partial charge is 0.256 e. The summed E-state index contributed by atoms with van der Waals surface area (Å²) in [6.07, 6.45) is 2.51. The van der Waals surface area contributed by atoms with Crippen LogP contribution in [0.5, 0.6) is 0 Å². The minimum atomic E-state index is -0.231. The highest BCUT2D eigenvalue weighted by atomic mass is 16.1. The van der Waals surface area contributed by atoms with Crippen LogP contribution in [-0.2, 0) is 0 Å². The van der Waals surface area contributed by atoms with Gasteiger partial charge in [0.05, 0.1) is 22.5 Å². The van der Waals surface area contributed by atoms with Crippen molar-refractivity contribution in [1.29, 1.82) is 0 Å². The molecule has 0 unspecified atom stereocenters. The topological polar surface area (TPSA) is 72.0 Å². The van der Waals surface area contributed by atoms with E-state index in [0.717, 1.165) is 28.5 Å². The molecular formula is C28H27N3O2. The lowest BCUT2D eigenvalue weighted by Crippen LogP contribution is -2.14. The number of nitrogens with zero attached hydrogens (tertiary/aromatic N) is 2. The van der Waals surface area contributed by atoms with Crippen molar-refractivity contribution in [2.24, 2.45) is 5.92 Å². The Labute approximate surface area is 193 Å². The van der Waals surface area contributed by atoms with Crippen LogP contribution in [0.4, 0.5) is 5.69 Å². The van der Waals surface area contributed by atoms with E-state index >= 15 is 0 Å². The second-order valence-corrected chi connectivity index (χ2v) is 8.45. The Hall–Kier alpha value is -3.86. The Morgan fingerprint density at radius 2 is 1.73 bits per heavy atom. The van der Waals surface area contributed by atoms with E-state index in [1.54, 1.807) is 36.5 Å². The van der Waals surface area contributed by atoms with E-state index in [1.165, 1.54) is 0 Å². The highest BCUT2D eigenvalue weighted by Gasteiger charge is 2.17. The number of anilines is 1. The zero-order valence-electron chi connectivity index (χ0n) is 19.3. The van der Waals surface area contributed by atoms with Gasteiger partial charge in [0.25, 0.3) is 5.91 Å². The molecule has 4 aromatic rings. The average molecular weight is 438 g/mol. The van der Waals surface area contributed by atoms with Crippen molar-refractivity contribution in [2.45, 2.75) is 34.1 Å². The van der Waals surface area contributed by atoms with Crippen molar-refractivity contribution in [3.63, 3.8) is 0 Å². The molecule has 0 saturated heterocycles.